The molecule has 2 heterocycles. The fourth-order valence-corrected chi connectivity index (χ4v) is 3.19. The molecule has 0 saturated carbocycles. The first-order valence-corrected chi connectivity index (χ1v) is 8.10. The van der Waals surface area contributed by atoms with Gasteiger partial charge in [-0.05, 0) is 56.0 Å². The zero-order valence-electron chi connectivity index (χ0n) is 13.5. The number of amides is 2. The summed E-state index contributed by atoms with van der Waals surface area (Å²) in [6.07, 6.45) is 3.47. The van der Waals surface area contributed by atoms with Crippen molar-refractivity contribution >= 4 is 42.3 Å². The Balaban J connectivity index is 0.00000144. The predicted molar refractivity (Wildman–Crippen MR) is 100 cm³/mol. The fraction of sp³-hybridized carbons (Fsp3) is 0.529. The topological polar surface area (TPSA) is 70.2 Å². The van der Waals surface area contributed by atoms with Crippen molar-refractivity contribution in [2.24, 2.45) is 5.92 Å². The molecule has 5 nitrogen and oxygen atoms in total. The number of anilines is 1. The molecule has 1 atom stereocenters. The van der Waals surface area contributed by atoms with E-state index in [2.05, 4.69) is 16.0 Å². The Morgan fingerprint density at radius 2 is 1.67 bits per heavy atom. The van der Waals surface area contributed by atoms with Crippen LogP contribution in [0.1, 0.15) is 37.2 Å². The molecule has 3 N–H and O–H groups in total. The van der Waals surface area contributed by atoms with Crippen LogP contribution in [0, 0.1) is 5.92 Å². The SMILES string of the molecule is Cl.Cl.O=C1CCC(c2ccc(NCC3CCNCC3)cc2)C(=O)N1. The van der Waals surface area contributed by atoms with Gasteiger partial charge in [0.05, 0.1) is 5.92 Å². The van der Waals surface area contributed by atoms with E-state index in [-0.39, 0.29) is 42.5 Å². The lowest BCUT2D eigenvalue weighted by molar-refractivity contribution is -0.134. The molecule has 1 aromatic rings. The van der Waals surface area contributed by atoms with Gasteiger partial charge < -0.3 is 10.6 Å². The van der Waals surface area contributed by atoms with Crippen LogP contribution in [0.3, 0.4) is 0 Å². The summed E-state index contributed by atoms with van der Waals surface area (Å²) in [7, 11) is 0. The highest BCUT2D eigenvalue weighted by Gasteiger charge is 2.27. The van der Waals surface area contributed by atoms with Crippen LogP contribution >= 0.6 is 24.8 Å². The fourth-order valence-electron chi connectivity index (χ4n) is 3.19. The van der Waals surface area contributed by atoms with E-state index < -0.39 is 0 Å². The summed E-state index contributed by atoms with van der Waals surface area (Å²) in [5, 5.41) is 9.27. The highest BCUT2D eigenvalue weighted by molar-refractivity contribution is 6.00. The smallest absolute Gasteiger partial charge is 0.234 e. The van der Waals surface area contributed by atoms with Gasteiger partial charge in [-0.15, -0.1) is 24.8 Å². The number of carbonyl (C=O) groups is 2. The summed E-state index contributed by atoms with van der Waals surface area (Å²) in [5.41, 5.74) is 2.08. The minimum absolute atomic E-state index is 0. The molecule has 2 aliphatic heterocycles. The second kappa shape index (κ2) is 9.87. The average Bonchev–Trinajstić information content (AvgIpc) is 2.55. The molecule has 1 aromatic carbocycles. The van der Waals surface area contributed by atoms with Crippen LogP contribution in [-0.4, -0.2) is 31.4 Å². The van der Waals surface area contributed by atoms with E-state index in [9.17, 15) is 9.59 Å². The highest BCUT2D eigenvalue weighted by Crippen LogP contribution is 2.26. The van der Waals surface area contributed by atoms with Crippen molar-refractivity contribution in [3.8, 4) is 0 Å². The molecule has 0 radical (unpaired) electrons. The van der Waals surface area contributed by atoms with E-state index in [1.54, 1.807) is 0 Å². The van der Waals surface area contributed by atoms with Crippen molar-refractivity contribution in [1.82, 2.24) is 10.6 Å². The number of hydrogen-bond acceptors (Lipinski definition) is 4. The van der Waals surface area contributed by atoms with Crippen LogP contribution in [0.25, 0.3) is 0 Å². The molecule has 0 aromatic heterocycles. The molecule has 0 bridgehead atoms. The van der Waals surface area contributed by atoms with Gasteiger partial charge in [0.25, 0.3) is 0 Å². The van der Waals surface area contributed by atoms with Crippen LogP contribution in [0.15, 0.2) is 24.3 Å². The Morgan fingerprint density at radius 1 is 1.00 bits per heavy atom. The second-order valence-corrected chi connectivity index (χ2v) is 6.20. The highest BCUT2D eigenvalue weighted by atomic mass is 35.5. The molecule has 134 valence electrons. The zero-order chi connectivity index (χ0) is 15.4. The molecule has 2 amide bonds. The van der Waals surface area contributed by atoms with E-state index in [0.717, 1.165) is 36.8 Å². The monoisotopic (exact) mass is 373 g/mol. The molecule has 2 fully saturated rings. The molecular weight excluding hydrogens is 349 g/mol. The first-order valence-electron chi connectivity index (χ1n) is 8.10. The number of hydrogen-bond donors (Lipinski definition) is 3. The number of halogens is 2. The quantitative estimate of drug-likeness (QED) is 0.709. The van der Waals surface area contributed by atoms with Crippen molar-refractivity contribution in [3.63, 3.8) is 0 Å². The lowest BCUT2D eigenvalue weighted by Gasteiger charge is -2.24. The average molecular weight is 374 g/mol. The van der Waals surface area contributed by atoms with Gasteiger partial charge in [0.2, 0.25) is 11.8 Å². The van der Waals surface area contributed by atoms with E-state index in [1.807, 2.05) is 24.3 Å². The Bertz CT molecular complexity index is 545. The maximum absolute atomic E-state index is 11.9. The van der Waals surface area contributed by atoms with Gasteiger partial charge in [0, 0.05) is 18.7 Å². The Hall–Kier alpha value is -1.30. The molecule has 7 heteroatoms. The van der Waals surface area contributed by atoms with Gasteiger partial charge in [-0.3, -0.25) is 14.9 Å². The summed E-state index contributed by atoms with van der Waals surface area (Å²) >= 11 is 0. The number of carbonyl (C=O) groups excluding carboxylic acids is 2. The predicted octanol–water partition coefficient (Wildman–Crippen LogP) is 2.46. The van der Waals surface area contributed by atoms with E-state index in [1.165, 1.54) is 12.8 Å². The van der Waals surface area contributed by atoms with Crippen molar-refractivity contribution in [3.05, 3.63) is 29.8 Å². The van der Waals surface area contributed by atoms with Crippen LogP contribution in [-0.2, 0) is 9.59 Å². The van der Waals surface area contributed by atoms with Crippen LogP contribution in [0.2, 0.25) is 0 Å². The van der Waals surface area contributed by atoms with Gasteiger partial charge in [-0.1, -0.05) is 12.1 Å². The van der Waals surface area contributed by atoms with E-state index in [4.69, 9.17) is 0 Å². The maximum Gasteiger partial charge on any atom is 0.234 e. The molecule has 1 unspecified atom stereocenters. The molecule has 0 aliphatic carbocycles. The Labute approximate surface area is 155 Å². The standard InChI is InChI=1S/C17H23N3O2.2ClH/c21-16-6-5-15(17(22)20-16)13-1-3-14(4-2-13)19-11-12-7-9-18-10-8-12;;/h1-4,12,15,18-19H,5-11H2,(H,20,21,22);2*1H. The van der Waals surface area contributed by atoms with Gasteiger partial charge >= 0.3 is 0 Å². The maximum atomic E-state index is 11.9. The number of nitrogens with one attached hydrogen (secondary N) is 3. The molecule has 24 heavy (non-hydrogen) atoms. The summed E-state index contributed by atoms with van der Waals surface area (Å²) < 4.78 is 0. The molecule has 2 saturated heterocycles. The van der Waals surface area contributed by atoms with Gasteiger partial charge in [0.1, 0.15) is 0 Å². The molecule has 3 rings (SSSR count). The van der Waals surface area contributed by atoms with Crippen LogP contribution in [0.5, 0.6) is 0 Å². The van der Waals surface area contributed by atoms with Crippen molar-refractivity contribution < 1.29 is 9.59 Å². The first kappa shape index (κ1) is 20.7. The largest absolute Gasteiger partial charge is 0.385 e. The van der Waals surface area contributed by atoms with Gasteiger partial charge in [-0.25, -0.2) is 0 Å². The van der Waals surface area contributed by atoms with Crippen molar-refractivity contribution in [2.45, 2.75) is 31.6 Å². The third kappa shape index (κ3) is 5.36. The summed E-state index contributed by atoms with van der Waals surface area (Å²) in [6, 6.07) is 8.04. The lowest BCUT2D eigenvalue weighted by atomic mass is 9.90. The number of imide groups is 1. The van der Waals surface area contributed by atoms with E-state index in [0.29, 0.717) is 12.8 Å². The number of piperidine rings is 2. The van der Waals surface area contributed by atoms with Crippen LogP contribution in [0.4, 0.5) is 5.69 Å². The Morgan fingerprint density at radius 3 is 2.29 bits per heavy atom. The minimum atomic E-state index is -0.198. The Kier molecular flexibility index (Phi) is 8.53. The van der Waals surface area contributed by atoms with Crippen LogP contribution < -0.4 is 16.0 Å². The third-order valence-electron chi connectivity index (χ3n) is 4.61. The van der Waals surface area contributed by atoms with E-state index >= 15 is 0 Å². The third-order valence-corrected chi connectivity index (χ3v) is 4.61. The van der Waals surface area contributed by atoms with Crippen molar-refractivity contribution in [2.75, 3.05) is 25.0 Å². The minimum Gasteiger partial charge on any atom is -0.385 e. The molecule has 0 spiro atoms. The number of rotatable bonds is 4. The van der Waals surface area contributed by atoms with Gasteiger partial charge in [-0.2, -0.15) is 0 Å². The lowest BCUT2D eigenvalue weighted by Crippen LogP contribution is -2.39. The molecule has 2 aliphatic rings. The normalized spacial score (nSPS) is 21.2. The summed E-state index contributed by atoms with van der Waals surface area (Å²) in [5.74, 6) is 0.195. The first-order chi connectivity index (χ1) is 10.7. The number of benzene rings is 1. The summed E-state index contributed by atoms with van der Waals surface area (Å²) in [4.78, 5) is 23.1. The molecular formula is C17H25Cl2N3O2. The second-order valence-electron chi connectivity index (χ2n) is 6.20. The van der Waals surface area contributed by atoms with Gasteiger partial charge in [0.15, 0.2) is 0 Å². The van der Waals surface area contributed by atoms with Crippen molar-refractivity contribution in [1.29, 1.82) is 0 Å². The zero-order valence-corrected chi connectivity index (χ0v) is 15.2. The summed E-state index contributed by atoms with van der Waals surface area (Å²) in [6.45, 7) is 3.22.